The molecular weight excluding hydrogens is 278 g/mol. The van der Waals surface area contributed by atoms with E-state index in [0.717, 1.165) is 18.8 Å². The van der Waals surface area contributed by atoms with Crippen LogP contribution in [0.1, 0.15) is 44.5 Å². The van der Waals surface area contributed by atoms with Gasteiger partial charge in [0.2, 0.25) is 0 Å². The molecule has 1 aromatic heterocycles. The molecule has 4 heteroatoms. The second-order valence-corrected chi connectivity index (χ2v) is 8.25. The number of anilines is 1. The van der Waals surface area contributed by atoms with Gasteiger partial charge in [0.05, 0.1) is 0 Å². The van der Waals surface area contributed by atoms with Crippen molar-refractivity contribution in [1.82, 2.24) is 10.3 Å². The van der Waals surface area contributed by atoms with Crippen molar-refractivity contribution in [3.63, 3.8) is 0 Å². The zero-order valence-corrected chi connectivity index (χ0v) is 15.1. The summed E-state index contributed by atoms with van der Waals surface area (Å²) in [4.78, 5) is 7.38. The van der Waals surface area contributed by atoms with E-state index in [1.807, 2.05) is 11.8 Å². The Morgan fingerprint density at radius 3 is 2.71 bits per heavy atom. The lowest BCUT2D eigenvalue weighted by molar-refractivity contribution is 0.423. The summed E-state index contributed by atoms with van der Waals surface area (Å²) in [5.74, 6) is 3.59. The first-order valence-electron chi connectivity index (χ1n) is 7.84. The van der Waals surface area contributed by atoms with Crippen LogP contribution in [0.5, 0.6) is 0 Å². The highest BCUT2D eigenvalue weighted by atomic mass is 32.2. The van der Waals surface area contributed by atoms with E-state index in [2.05, 4.69) is 57.8 Å². The molecule has 2 rings (SSSR count). The lowest BCUT2D eigenvalue weighted by Crippen LogP contribution is -2.42. The molecule has 1 aliphatic heterocycles. The summed E-state index contributed by atoms with van der Waals surface area (Å²) in [6, 6.07) is 2.76. The predicted molar refractivity (Wildman–Crippen MR) is 94.4 cm³/mol. The lowest BCUT2D eigenvalue weighted by atomic mass is 10.0. The maximum absolute atomic E-state index is 4.89. The van der Waals surface area contributed by atoms with Crippen LogP contribution in [0.25, 0.3) is 0 Å². The number of rotatable bonds is 3. The van der Waals surface area contributed by atoms with Gasteiger partial charge in [0.15, 0.2) is 0 Å². The number of thioether (sulfide) groups is 1. The van der Waals surface area contributed by atoms with Gasteiger partial charge in [0, 0.05) is 47.4 Å². The molecule has 1 saturated heterocycles. The van der Waals surface area contributed by atoms with Crippen molar-refractivity contribution in [3.8, 4) is 0 Å². The second kappa shape index (κ2) is 6.57. The van der Waals surface area contributed by atoms with Crippen LogP contribution < -0.4 is 10.2 Å². The largest absolute Gasteiger partial charge is 0.352 e. The van der Waals surface area contributed by atoms with Gasteiger partial charge in [-0.25, -0.2) is 4.98 Å². The van der Waals surface area contributed by atoms with E-state index >= 15 is 0 Å². The Kier molecular flexibility index (Phi) is 5.20. The maximum Gasteiger partial charge on any atom is 0.133 e. The summed E-state index contributed by atoms with van der Waals surface area (Å²) in [5.41, 5.74) is 3.94. The SMILES string of the molecule is Cc1cc(C)c(CNC(C)(C)C)c(N2CCSCC2C)n1. The first-order valence-corrected chi connectivity index (χ1v) is 9.00. The number of nitrogens with zero attached hydrogens (tertiary/aromatic N) is 2. The molecule has 0 spiro atoms. The van der Waals surface area contributed by atoms with Crippen LogP contribution >= 0.6 is 11.8 Å². The standard InChI is InChI=1S/C17H29N3S/c1-12-9-13(2)19-16(15(12)10-18-17(4,5)6)20-7-8-21-11-14(20)3/h9,14,18H,7-8,10-11H2,1-6H3. The molecule has 2 heterocycles. The van der Waals surface area contributed by atoms with E-state index in [4.69, 9.17) is 4.98 Å². The Morgan fingerprint density at radius 1 is 1.38 bits per heavy atom. The Labute approximate surface area is 133 Å². The van der Waals surface area contributed by atoms with Crippen molar-refractivity contribution in [1.29, 1.82) is 0 Å². The average Bonchev–Trinajstić information content (AvgIpc) is 2.36. The van der Waals surface area contributed by atoms with Crippen LogP contribution in [0.4, 0.5) is 5.82 Å². The second-order valence-electron chi connectivity index (χ2n) is 7.10. The smallest absolute Gasteiger partial charge is 0.133 e. The highest BCUT2D eigenvalue weighted by Crippen LogP contribution is 2.28. The minimum Gasteiger partial charge on any atom is -0.352 e. The number of aryl methyl sites for hydroxylation is 2. The number of nitrogens with one attached hydrogen (secondary N) is 1. The topological polar surface area (TPSA) is 28.2 Å². The van der Waals surface area contributed by atoms with E-state index in [-0.39, 0.29) is 5.54 Å². The summed E-state index contributed by atoms with van der Waals surface area (Å²) in [6.45, 7) is 15.2. The summed E-state index contributed by atoms with van der Waals surface area (Å²) >= 11 is 2.05. The zero-order valence-electron chi connectivity index (χ0n) is 14.3. The van der Waals surface area contributed by atoms with Crippen molar-refractivity contribution in [2.45, 2.75) is 59.7 Å². The minimum atomic E-state index is 0.123. The van der Waals surface area contributed by atoms with Crippen LogP contribution in [0.2, 0.25) is 0 Å². The molecule has 0 saturated carbocycles. The van der Waals surface area contributed by atoms with E-state index in [9.17, 15) is 0 Å². The number of pyridine rings is 1. The Hall–Kier alpha value is -0.740. The molecule has 1 aliphatic rings. The Morgan fingerprint density at radius 2 is 2.10 bits per heavy atom. The molecule has 0 aromatic carbocycles. The van der Waals surface area contributed by atoms with Crippen LogP contribution in [-0.2, 0) is 6.54 Å². The molecule has 1 atom stereocenters. The molecular formula is C17H29N3S. The Bertz CT molecular complexity index is 494. The Balaban J connectivity index is 2.33. The van der Waals surface area contributed by atoms with Gasteiger partial charge in [0.25, 0.3) is 0 Å². The number of aromatic nitrogens is 1. The lowest BCUT2D eigenvalue weighted by Gasteiger charge is -2.36. The first kappa shape index (κ1) is 16.6. The van der Waals surface area contributed by atoms with Gasteiger partial charge in [-0.3, -0.25) is 0 Å². The molecule has 0 bridgehead atoms. The molecule has 3 nitrogen and oxygen atoms in total. The number of hydrogen-bond acceptors (Lipinski definition) is 4. The minimum absolute atomic E-state index is 0.123. The van der Waals surface area contributed by atoms with Gasteiger partial charge in [-0.15, -0.1) is 0 Å². The molecule has 1 aromatic rings. The predicted octanol–water partition coefficient (Wildman–Crippen LogP) is 3.53. The third kappa shape index (κ3) is 4.36. The summed E-state index contributed by atoms with van der Waals surface area (Å²) in [6.07, 6.45) is 0. The third-order valence-corrected chi connectivity index (χ3v) is 5.08. The fraction of sp³-hybridized carbons (Fsp3) is 0.706. The first-order chi connectivity index (χ1) is 9.78. The summed E-state index contributed by atoms with van der Waals surface area (Å²) in [7, 11) is 0. The van der Waals surface area contributed by atoms with Gasteiger partial charge in [-0.1, -0.05) is 0 Å². The van der Waals surface area contributed by atoms with Crippen LogP contribution in [-0.4, -0.2) is 34.6 Å². The molecule has 1 N–H and O–H groups in total. The van der Waals surface area contributed by atoms with Crippen molar-refractivity contribution in [2.75, 3.05) is 23.0 Å². The van der Waals surface area contributed by atoms with Crippen LogP contribution in [0.15, 0.2) is 6.07 Å². The fourth-order valence-electron chi connectivity index (χ4n) is 2.69. The van der Waals surface area contributed by atoms with Crippen molar-refractivity contribution in [3.05, 3.63) is 22.9 Å². The van der Waals surface area contributed by atoms with E-state index in [1.54, 1.807) is 0 Å². The average molecular weight is 308 g/mol. The molecule has 1 unspecified atom stereocenters. The van der Waals surface area contributed by atoms with Gasteiger partial charge in [0.1, 0.15) is 5.82 Å². The van der Waals surface area contributed by atoms with Gasteiger partial charge in [-0.05, 0) is 53.2 Å². The molecule has 0 aliphatic carbocycles. The van der Waals surface area contributed by atoms with Crippen LogP contribution in [0, 0.1) is 13.8 Å². The van der Waals surface area contributed by atoms with Crippen molar-refractivity contribution in [2.24, 2.45) is 0 Å². The highest BCUT2D eigenvalue weighted by molar-refractivity contribution is 7.99. The maximum atomic E-state index is 4.89. The zero-order chi connectivity index (χ0) is 15.6. The number of hydrogen-bond donors (Lipinski definition) is 1. The molecule has 118 valence electrons. The van der Waals surface area contributed by atoms with E-state index in [1.165, 1.54) is 28.5 Å². The summed E-state index contributed by atoms with van der Waals surface area (Å²) < 4.78 is 0. The quantitative estimate of drug-likeness (QED) is 0.924. The van der Waals surface area contributed by atoms with Crippen molar-refractivity contribution < 1.29 is 0 Å². The molecule has 1 fully saturated rings. The van der Waals surface area contributed by atoms with Gasteiger partial charge in [-0.2, -0.15) is 11.8 Å². The molecule has 21 heavy (non-hydrogen) atoms. The molecule has 0 amide bonds. The fourth-order valence-corrected chi connectivity index (χ4v) is 3.71. The van der Waals surface area contributed by atoms with Crippen molar-refractivity contribution >= 4 is 17.6 Å². The van der Waals surface area contributed by atoms with Crippen LogP contribution in [0.3, 0.4) is 0 Å². The van der Waals surface area contributed by atoms with E-state index < -0.39 is 0 Å². The van der Waals surface area contributed by atoms with Gasteiger partial charge >= 0.3 is 0 Å². The summed E-state index contributed by atoms with van der Waals surface area (Å²) in [5, 5.41) is 3.62. The van der Waals surface area contributed by atoms with E-state index in [0.29, 0.717) is 6.04 Å². The monoisotopic (exact) mass is 307 g/mol. The molecule has 0 radical (unpaired) electrons. The highest BCUT2D eigenvalue weighted by Gasteiger charge is 2.24. The normalized spacial score (nSPS) is 19.9. The van der Waals surface area contributed by atoms with Gasteiger partial charge < -0.3 is 10.2 Å². The third-order valence-electron chi connectivity index (χ3n) is 3.89.